The fourth-order valence-electron chi connectivity index (χ4n) is 3.48. The zero-order valence-corrected chi connectivity index (χ0v) is 16.1. The fraction of sp³-hybridized carbons (Fsp3) is 0.0435. The lowest BCUT2D eigenvalue weighted by atomic mass is 10.1. The normalized spacial score (nSPS) is 11.1. The van der Waals surface area contributed by atoms with Crippen molar-refractivity contribution in [1.82, 2.24) is 9.99 Å². The molecule has 1 heterocycles. The largest absolute Gasteiger partial charge is 0.343 e. The van der Waals surface area contributed by atoms with Gasteiger partial charge in [0.1, 0.15) is 0 Å². The maximum absolute atomic E-state index is 12.4. The second kappa shape index (κ2) is 8.00. The van der Waals surface area contributed by atoms with Crippen molar-refractivity contribution in [1.29, 1.82) is 0 Å². The SMILES string of the molecule is Cn1c(-c2ccccc2)c(C=NNC(=O)c2cccc([N+](=O)[O-])c2)c2ccccc21. The quantitative estimate of drug-likeness (QED) is 0.304. The van der Waals surface area contributed by atoms with Crippen LogP contribution in [0.15, 0.2) is 84.0 Å². The summed E-state index contributed by atoms with van der Waals surface area (Å²) in [4.78, 5) is 22.8. The van der Waals surface area contributed by atoms with Gasteiger partial charge in [-0.25, -0.2) is 5.43 Å². The van der Waals surface area contributed by atoms with Crippen molar-refractivity contribution < 1.29 is 9.72 Å². The number of nitro groups is 1. The number of benzene rings is 3. The number of aryl methyl sites for hydroxylation is 1. The Kier molecular flexibility index (Phi) is 5.09. The molecule has 0 aliphatic carbocycles. The molecule has 1 aromatic heterocycles. The summed E-state index contributed by atoms with van der Waals surface area (Å²) >= 11 is 0. The molecule has 0 atom stereocenters. The van der Waals surface area contributed by atoms with Crippen LogP contribution in [-0.2, 0) is 7.05 Å². The highest BCUT2D eigenvalue weighted by molar-refractivity contribution is 6.07. The van der Waals surface area contributed by atoms with Gasteiger partial charge in [0.15, 0.2) is 0 Å². The Hall–Kier alpha value is -4.26. The van der Waals surface area contributed by atoms with E-state index in [-0.39, 0.29) is 11.3 Å². The second-order valence-corrected chi connectivity index (χ2v) is 6.71. The summed E-state index contributed by atoms with van der Waals surface area (Å²) in [6.07, 6.45) is 1.61. The molecule has 7 nitrogen and oxygen atoms in total. The number of carbonyl (C=O) groups is 1. The number of nitro benzene ring substituents is 1. The van der Waals surface area contributed by atoms with Gasteiger partial charge in [0.05, 0.1) is 16.8 Å². The number of nitrogens with one attached hydrogen (secondary N) is 1. The molecule has 0 saturated carbocycles. The topological polar surface area (TPSA) is 89.5 Å². The number of amides is 1. The molecule has 7 heteroatoms. The van der Waals surface area contributed by atoms with E-state index in [2.05, 4.69) is 15.1 Å². The third kappa shape index (κ3) is 3.56. The maximum atomic E-state index is 12.4. The first-order chi connectivity index (χ1) is 14.6. The summed E-state index contributed by atoms with van der Waals surface area (Å²) in [5.41, 5.74) is 6.41. The number of carbonyl (C=O) groups excluding carboxylic acids is 1. The number of non-ortho nitro benzene ring substituents is 1. The van der Waals surface area contributed by atoms with Crippen molar-refractivity contribution in [3.8, 4) is 11.3 Å². The number of fused-ring (bicyclic) bond motifs is 1. The molecule has 30 heavy (non-hydrogen) atoms. The molecular formula is C23H18N4O3. The summed E-state index contributed by atoms with van der Waals surface area (Å²) in [6, 6.07) is 23.4. The summed E-state index contributed by atoms with van der Waals surface area (Å²) in [7, 11) is 1.99. The number of hydrogen-bond acceptors (Lipinski definition) is 4. The predicted octanol–water partition coefficient (Wildman–Crippen LogP) is 4.52. The third-order valence-corrected chi connectivity index (χ3v) is 4.87. The van der Waals surface area contributed by atoms with E-state index >= 15 is 0 Å². The minimum absolute atomic E-state index is 0.146. The zero-order chi connectivity index (χ0) is 21.1. The molecule has 0 unspecified atom stereocenters. The molecule has 0 aliphatic rings. The van der Waals surface area contributed by atoms with Gasteiger partial charge in [-0.2, -0.15) is 5.10 Å². The van der Waals surface area contributed by atoms with Gasteiger partial charge in [-0.15, -0.1) is 0 Å². The van der Waals surface area contributed by atoms with Crippen LogP contribution >= 0.6 is 0 Å². The average molecular weight is 398 g/mol. The van der Waals surface area contributed by atoms with Crippen LogP contribution in [0.4, 0.5) is 5.69 Å². The summed E-state index contributed by atoms with van der Waals surface area (Å²) in [5, 5.41) is 16.1. The van der Waals surface area contributed by atoms with E-state index in [1.807, 2.05) is 61.6 Å². The van der Waals surface area contributed by atoms with Crippen LogP contribution in [0, 0.1) is 10.1 Å². The number of hydrogen-bond donors (Lipinski definition) is 1. The molecule has 1 N–H and O–H groups in total. The summed E-state index contributed by atoms with van der Waals surface area (Å²) in [6.45, 7) is 0. The van der Waals surface area contributed by atoms with Crippen molar-refractivity contribution in [2.75, 3.05) is 0 Å². The zero-order valence-electron chi connectivity index (χ0n) is 16.1. The van der Waals surface area contributed by atoms with E-state index < -0.39 is 10.8 Å². The smallest absolute Gasteiger partial charge is 0.271 e. The Morgan fingerprint density at radius 3 is 2.53 bits per heavy atom. The van der Waals surface area contributed by atoms with Crippen LogP contribution in [0.3, 0.4) is 0 Å². The first kappa shape index (κ1) is 19.1. The molecule has 4 aromatic rings. The molecule has 4 rings (SSSR count). The first-order valence-corrected chi connectivity index (χ1v) is 9.27. The number of rotatable bonds is 5. The highest BCUT2D eigenvalue weighted by Gasteiger charge is 2.15. The van der Waals surface area contributed by atoms with Crippen molar-refractivity contribution in [3.05, 3.63) is 100 Å². The predicted molar refractivity (Wildman–Crippen MR) is 117 cm³/mol. The van der Waals surface area contributed by atoms with E-state index in [0.717, 1.165) is 27.7 Å². The Bertz CT molecular complexity index is 1280. The molecule has 0 saturated heterocycles. The van der Waals surface area contributed by atoms with Gasteiger partial charge < -0.3 is 4.57 Å². The van der Waals surface area contributed by atoms with Crippen molar-refractivity contribution in [3.63, 3.8) is 0 Å². The third-order valence-electron chi connectivity index (χ3n) is 4.87. The lowest BCUT2D eigenvalue weighted by Gasteiger charge is -2.06. The van der Waals surface area contributed by atoms with Crippen molar-refractivity contribution >= 4 is 28.7 Å². The lowest BCUT2D eigenvalue weighted by Crippen LogP contribution is -2.17. The van der Waals surface area contributed by atoms with Gasteiger partial charge in [-0.05, 0) is 17.7 Å². The van der Waals surface area contributed by atoms with Crippen LogP contribution in [0.1, 0.15) is 15.9 Å². The van der Waals surface area contributed by atoms with Gasteiger partial charge >= 0.3 is 0 Å². The minimum atomic E-state index is -0.539. The minimum Gasteiger partial charge on any atom is -0.343 e. The van der Waals surface area contributed by atoms with Crippen molar-refractivity contribution in [2.45, 2.75) is 0 Å². The Morgan fingerprint density at radius 2 is 1.77 bits per heavy atom. The van der Waals surface area contributed by atoms with Crippen LogP contribution in [-0.4, -0.2) is 21.6 Å². The van der Waals surface area contributed by atoms with Gasteiger partial charge in [0.2, 0.25) is 0 Å². The van der Waals surface area contributed by atoms with E-state index in [1.54, 1.807) is 6.21 Å². The van der Waals surface area contributed by atoms with Crippen molar-refractivity contribution in [2.24, 2.45) is 12.1 Å². The summed E-state index contributed by atoms with van der Waals surface area (Å²) < 4.78 is 2.09. The van der Waals surface area contributed by atoms with Crippen LogP contribution in [0.25, 0.3) is 22.2 Å². The molecule has 0 spiro atoms. The molecule has 0 fully saturated rings. The Morgan fingerprint density at radius 1 is 1.03 bits per heavy atom. The molecule has 0 radical (unpaired) electrons. The van der Waals surface area contributed by atoms with Crippen LogP contribution < -0.4 is 5.43 Å². The molecule has 0 bridgehead atoms. The van der Waals surface area contributed by atoms with E-state index in [4.69, 9.17) is 0 Å². The van der Waals surface area contributed by atoms with Gasteiger partial charge in [0, 0.05) is 41.2 Å². The Labute approximate surface area is 172 Å². The molecule has 0 aliphatic heterocycles. The average Bonchev–Trinajstić information content (AvgIpc) is 3.06. The Balaban J connectivity index is 1.68. The fourth-order valence-corrected chi connectivity index (χ4v) is 3.48. The standard InChI is InChI=1S/C23H18N4O3/c1-26-21-13-6-5-12-19(21)20(22(26)16-8-3-2-4-9-16)15-24-25-23(28)17-10-7-11-18(14-17)27(29)30/h2-15H,1H3,(H,25,28). The van der Waals surface area contributed by atoms with E-state index in [1.165, 1.54) is 24.3 Å². The molecule has 3 aromatic carbocycles. The summed E-state index contributed by atoms with van der Waals surface area (Å²) in [5.74, 6) is -0.517. The number of para-hydroxylation sites is 1. The van der Waals surface area contributed by atoms with Crippen LogP contribution in [0.2, 0.25) is 0 Å². The molecule has 148 valence electrons. The maximum Gasteiger partial charge on any atom is 0.271 e. The number of aromatic nitrogens is 1. The van der Waals surface area contributed by atoms with Gasteiger partial charge in [-0.3, -0.25) is 14.9 Å². The highest BCUT2D eigenvalue weighted by atomic mass is 16.6. The highest BCUT2D eigenvalue weighted by Crippen LogP contribution is 2.31. The lowest BCUT2D eigenvalue weighted by molar-refractivity contribution is -0.384. The van der Waals surface area contributed by atoms with E-state index in [0.29, 0.717) is 0 Å². The monoisotopic (exact) mass is 398 g/mol. The van der Waals surface area contributed by atoms with E-state index in [9.17, 15) is 14.9 Å². The second-order valence-electron chi connectivity index (χ2n) is 6.71. The number of nitrogens with zero attached hydrogens (tertiary/aromatic N) is 3. The van der Waals surface area contributed by atoms with Gasteiger partial charge in [0.25, 0.3) is 11.6 Å². The van der Waals surface area contributed by atoms with Gasteiger partial charge in [-0.1, -0.05) is 54.6 Å². The van der Waals surface area contributed by atoms with Crippen LogP contribution in [0.5, 0.6) is 0 Å². The molecular weight excluding hydrogens is 380 g/mol. The first-order valence-electron chi connectivity index (χ1n) is 9.27. The molecule has 1 amide bonds. The number of hydrazone groups is 1.